The van der Waals surface area contributed by atoms with Gasteiger partial charge in [-0.15, -0.1) is 0 Å². The van der Waals surface area contributed by atoms with E-state index < -0.39 is 5.82 Å². The highest BCUT2D eigenvalue weighted by atomic mass is 79.9. The third kappa shape index (κ3) is 3.93. The molecular weight excluding hydrogens is 333 g/mol. The van der Waals surface area contributed by atoms with Crippen LogP contribution in [-0.4, -0.2) is 5.91 Å². The number of halogens is 3. The van der Waals surface area contributed by atoms with E-state index in [0.717, 1.165) is 25.7 Å². The lowest BCUT2D eigenvalue weighted by Crippen LogP contribution is -2.22. The molecule has 1 amide bonds. The summed E-state index contributed by atoms with van der Waals surface area (Å²) >= 11 is 9.19. The molecule has 0 unspecified atom stereocenters. The van der Waals surface area contributed by atoms with Crippen LogP contribution in [0.3, 0.4) is 0 Å². The summed E-state index contributed by atoms with van der Waals surface area (Å²) in [5.41, 5.74) is 0.456. The van der Waals surface area contributed by atoms with Crippen LogP contribution in [0.15, 0.2) is 16.6 Å². The number of amides is 1. The van der Waals surface area contributed by atoms with E-state index in [0.29, 0.717) is 10.2 Å². The SMILES string of the molecule is O=C(Nc1c(Cl)cc(F)cc1Br)C1CCCCCC1. The third-order valence-electron chi connectivity index (χ3n) is 3.48. The van der Waals surface area contributed by atoms with Gasteiger partial charge in [0.2, 0.25) is 5.91 Å². The predicted octanol–water partition coefficient (Wildman–Crippen LogP) is 5.15. The number of carbonyl (C=O) groups is 1. The van der Waals surface area contributed by atoms with Crippen LogP contribution in [0.25, 0.3) is 0 Å². The van der Waals surface area contributed by atoms with Crippen molar-refractivity contribution in [3.05, 3.63) is 27.4 Å². The van der Waals surface area contributed by atoms with Crippen LogP contribution in [0, 0.1) is 11.7 Å². The van der Waals surface area contributed by atoms with E-state index in [2.05, 4.69) is 21.2 Å². The summed E-state index contributed by atoms with van der Waals surface area (Å²) in [4.78, 5) is 12.2. The fraction of sp³-hybridized carbons (Fsp3) is 0.500. The molecule has 0 bridgehead atoms. The number of nitrogens with one attached hydrogen (secondary N) is 1. The Balaban J connectivity index is 2.10. The Morgan fingerprint density at radius 1 is 1.26 bits per heavy atom. The van der Waals surface area contributed by atoms with E-state index >= 15 is 0 Å². The molecule has 0 spiro atoms. The van der Waals surface area contributed by atoms with Gasteiger partial charge in [-0.3, -0.25) is 4.79 Å². The highest BCUT2D eigenvalue weighted by molar-refractivity contribution is 9.10. The van der Waals surface area contributed by atoms with Gasteiger partial charge in [0.1, 0.15) is 5.82 Å². The minimum Gasteiger partial charge on any atom is -0.324 e. The van der Waals surface area contributed by atoms with E-state index in [-0.39, 0.29) is 16.8 Å². The lowest BCUT2D eigenvalue weighted by molar-refractivity contribution is -0.120. The van der Waals surface area contributed by atoms with Gasteiger partial charge in [-0.2, -0.15) is 0 Å². The Bertz CT molecular complexity index is 450. The first-order chi connectivity index (χ1) is 9.08. The number of hydrogen-bond donors (Lipinski definition) is 1. The number of carbonyl (C=O) groups excluding carboxylic acids is 1. The van der Waals surface area contributed by atoms with Gasteiger partial charge in [0.05, 0.1) is 10.7 Å². The standard InChI is InChI=1S/C14H16BrClFNO/c15-11-7-10(17)8-12(16)13(11)18-14(19)9-5-3-1-2-4-6-9/h7-9H,1-6H2,(H,18,19). The lowest BCUT2D eigenvalue weighted by Gasteiger charge is -2.16. The zero-order chi connectivity index (χ0) is 13.8. The van der Waals surface area contributed by atoms with E-state index in [1.807, 2.05) is 0 Å². The Hall–Kier alpha value is -0.610. The summed E-state index contributed by atoms with van der Waals surface area (Å²) in [7, 11) is 0. The molecule has 1 saturated carbocycles. The van der Waals surface area contributed by atoms with Crippen LogP contribution in [0.2, 0.25) is 5.02 Å². The quantitative estimate of drug-likeness (QED) is 0.736. The fourth-order valence-corrected chi connectivity index (χ4v) is 3.33. The number of rotatable bonds is 2. The van der Waals surface area contributed by atoms with Gasteiger partial charge in [0.25, 0.3) is 0 Å². The predicted molar refractivity (Wildman–Crippen MR) is 78.9 cm³/mol. The average Bonchev–Trinajstić information content (AvgIpc) is 2.62. The van der Waals surface area contributed by atoms with E-state index in [1.165, 1.54) is 25.0 Å². The van der Waals surface area contributed by atoms with Crippen molar-refractivity contribution in [3.63, 3.8) is 0 Å². The first kappa shape index (κ1) is 14.8. The van der Waals surface area contributed by atoms with Crippen molar-refractivity contribution in [1.82, 2.24) is 0 Å². The van der Waals surface area contributed by atoms with Gasteiger partial charge < -0.3 is 5.32 Å². The average molecular weight is 349 g/mol. The van der Waals surface area contributed by atoms with Gasteiger partial charge in [0.15, 0.2) is 0 Å². The Labute approximate surface area is 125 Å². The van der Waals surface area contributed by atoms with Crippen molar-refractivity contribution in [2.24, 2.45) is 5.92 Å². The molecule has 0 aromatic heterocycles. The molecule has 2 rings (SSSR count). The topological polar surface area (TPSA) is 29.1 Å². The number of hydrogen-bond acceptors (Lipinski definition) is 1. The summed E-state index contributed by atoms with van der Waals surface area (Å²) in [5.74, 6) is -0.407. The molecule has 0 aliphatic heterocycles. The monoisotopic (exact) mass is 347 g/mol. The fourth-order valence-electron chi connectivity index (χ4n) is 2.43. The first-order valence-corrected chi connectivity index (χ1v) is 7.70. The maximum Gasteiger partial charge on any atom is 0.227 e. The van der Waals surface area contributed by atoms with Gasteiger partial charge >= 0.3 is 0 Å². The largest absolute Gasteiger partial charge is 0.324 e. The summed E-state index contributed by atoms with van der Waals surface area (Å²) in [6.45, 7) is 0. The zero-order valence-electron chi connectivity index (χ0n) is 10.5. The van der Waals surface area contributed by atoms with Crippen molar-refractivity contribution < 1.29 is 9.18 Å². The molecule has 19 heavy (non-hydrogen) atoms. The Kier molecular flexibility index (Phi) is 5.22. The maximum atomic E-state index is 13.1. The molecule has 0 heterocycles. The van der Waals surface area contributed by atoms with Gasteiger partial charge in [-0.1, -0.05) is 37.3 Å². The summed E-state index contributed by atoms with van der Waals surface area (Å²) in [5, 5.41) is 3.04. The van der Waals surface area contributed by atoms with Crippen molar-refractivity contribution in [1.29, 1.82) is 0 Å². The zero-order valence-corrected chi connectivity index (χ0v) is 12.9. The molecule has 1 aromatic rings. The first-order valence-electron chi connectivity index (χ1n) is 6.53. The van der Waals surface area contributed by atoms with Crippen molar-refractivity contribution in [3.8, 4) is 0 Å². The molecular formula is C14H16BrClFNO. The maximum absolute atomic E-state index is 13.1. The summed E-state index contributed by atoms with van der Waals surface area (Å²) in [6, 6.07) is 2.50. The molecule has 1 fully saturated rings. The molecule has 0 radical (unpaired) electrons. The molecule has 1 aromatic carbocycles. The molecule has 1 aliphatic carbocycles. The van der Waals surface area contributed by atoms with E-state index in [1.54, 1.807) is 0 Å². The lowest BCUT2D eigenvalue weighted by atomic mass is 9.99. The third-order valence-corrected chi connectivity index (χ3v) is 4.40. The second-order valence-corrected chi connectivity index (χ2v) is 6.18. The summed E-state index contributed by atoms with van der Waals surface area (Å²) < 4.78 is 13.6. The number of anilines is 1. The number of benzene rings is 1. The minimum absolute atomic E-state index is 0.0175. The van der Waals surface area contributed by atoms with Crippen LogP contribution < -0.4 is 5.32 Å². The smallest absolute Gasteiger partial charge is 0.227 e. The summed E-state index contributed by atoms with van der Waals surface area (Å²) in [6.07, 6.45) is 6.42. The van der Waals surface area contributed by atoms with Crippen LogP contribution in [0.5, 0.6) is 0 Å². The van der Waals surface area contributed by atoms with E-state index in [9.17, 15) is 9.18 Å². The molecule has 0 atom stereocenters. The van der Waals surface area contributed by atoms with Crippen LogP contribution in [0.4, 0.5) is 10.1 Å². The molecule has 2 nitrogen and oxygen atoms in total. The Morgan fingerprint density at radius 2 is 1.89 bits per heavy atom. The molecule has 1 N–H and O–H groups in total. The second-order valence-electron chi connectivity index (χ2n) is 4.92. The van der Waals surface area contributed by atoms with Gasteiger partial charge in [0, 0.05) is 10.4 Å². The molecule has 0 saturated heterocycles. The van der Waals surface area contributed by atoms with Gasteiger partial charge in [-0.05, 0) is 40.9 Å². The van der Waals surface area contributed by atoms with E-state index in [4.69, 9.17) is 11.6 Å². The van der Waals surface area contributed by atoms with Gasteiger partial charge in [-0.25, -0.2) is 4.39 Å². The second kappa shape index (κ2) is 6.71. The van der Waals surface area contributed by atoms with Crippen molar-refractivity contribution >= 4 is 39.1 Å². The van der Waals surface area contributed by atoms with Crippen LogP contribution in [-0.2, 0) is 4.79 Å². The Morgan fingerprint density at radius 3 is 2.47 bits per heavy atom. The van der Waals surface area contributed by atoms with Crippen molar-refractivity contribution in [2.75, 3.05) is 5.32 Å². The van der Waals surface area contributed by atoms with Crippen molar-refractivity contribution in [2.45, 2.75) is 38.5 Å². The molecule has 5 heteroatoms. The normalized spacial score (nSPS) is 17.0. The molecule has 1 aliphatic rings. The highest BCUT2D eigenvalue weighted by Gasteiger charge is 2.21. The molecule has 104 valence electrons. The van der Waals surface area contributed by atoms with Crippen LogP contribution in [0.1, 0.15) is 38.5 Å². The highest BCUT2D eigenvalue weighted by Crippen LogP contribution is 2.33. The minimum atomic E-state index is -0.427. The van der Waals surface area contributed by atoms with Crippen LogP contribution >= 0.6 is 27.5 Å².